The number of halogens is 1. The van der Waals surface area contributed by atoms with Crippen molar-refractivity contribution in [2.45, 2.75) is 31.8 Å². The molecule has 1 aliphatic heterocycles. The highest BCUT2D eigenvalue weighted by Gasteiger charge is 2.32. The summed E-state index contributed by atoms with van der Waals surface area (Å²) in [7, 11) is 1.94. The molecule has 0 spiro atoms. The first-order valence-corrected chi connectivity index (χ1v) is 7.15. The average molecular weight is 277 g/mol. The fourth-order valence-corrected chi connectivity index (χ4v) is 2.95. The van der Waals surface area contributed by atoms with Crippen LogP contribution in [0.4, 0.5) is 4.39 Å². The first-order chi connectivity index (χ1) is 9.74. The number of ether oxygens (including phenoxy) is 1. The van der Waals surface area contributed by atoms with E-state index in [4.69, 9.17) is 9.72 Å². The van der Waals surface area contributed by atoms with Crippen molar-refractivity contribution in [2.24, 2.45) is 0 Å². The second-order valence-electron chi connectivity index (χ2n) is 5.29. The standard InChI is InChI=1S/C15H20FN3O/c1-3-6-19-14-7-10(16)4-5-12(14)18-15(19)11-8-20-9-13(11)17-2/h4-5,7,11,13,17H,3,6,8-9H2,1-2H3. The van der Waals surface area contributed by atoms with Crippen molar-refractivity contribution in [1.82, 2.24) is 14.9 Å². The minimum absolute atomic E-state index is 0.214. The molecule has 3 rings (SSSR count). The van der Waals surface area contributed by atoms with Crippen LogP contribution in [-0.4, -0.2) is 35.9 Å². The molecule has 20 heavy (non-hydrogen) atoms. The van der Waals surface area contributed by atoms with Crippen LogP contribution in [0.1, 0.15) is 25.1 Å². The van der Waals surface area contributed by atoms with Gasteiger partial charge in [0.25, 0.3) is 0 Å². The maximum Gasteiger partial charge on any atom is 0.125 e. The molecule has 2 atom stereocenters. The predicted molar refractivity (Wildman–Crippen MR) is 76.4 cm³/mol. The number of nitrogens with one attached hydrogen (secondary N) is 1. The fraction of sp³-hybridized carbons (Fsp3) is 0.533. The topological polar surface area (TPSA) is 39.1 Å². The van der Waals surface area contributed by atoms with Gasteiger partial charge >= 0.3 is 0 Å². The second kappa shape index (κ2) is 5.50. The summed E-state index contributed by atoms with van der Waals surface area (Å²) in [6, 6.07) is 5.07. The molecule has 1 saturated heterocycles. The first kappa shape index (κ1) is 13.5. The van der Waals surface area contributed by atoms with Gasteiger partial charge in [0.2, 0.25) is 0 Å². The van der Waals surface area contributed by atoms with Gasteiger partial charge in [-0.05, 0) is 31.7 Å². The SMILES string of the molecule is CCCn1c(C2COCC2NC)nc2ccc(F)cc21. The summed E-state index contributed by atoms with van der Waals surface area (Å²) in [4.78, 5) is 4.73. The lowest BCUT2D eigenvalue weighted by Gasteiger charge is -2.18. The highest BCUT2D eigenvalue weighted by Crippen LogP contribution is 2.29. The quantitative estimate of drug-likeness (QED) is 0.932. The molecule has 2 heterocycles. The van der Waals surface area contributed by atoms with Crippen LogP contribution in [0.15, 0.2) is 18.2 Å². The van der Waals surface area contributed by atoms with Crippen molar-refractivity contribution in [1.29, 1.82) is 0 Å². The molecular weight excluding hydrogens is 257 g/mol. The molecule has 0 aliphatic carbocycles. The molecule has 0 saturated carbocycles. The highest BCUT2D eigenvalue weighted by molar-refractivity contribution is 5.76. The zero-order valence-electron chi connectivity index (χ0n) is 11.9. The molecule has 1 aromatic heterocycles. The predicted octanol–water partition coefficient (Wildman–Crippen LogP) is 2.29. The van der Waals surface area contributed by atoms with E-state index in [1.807, 2.05) is 7.05 Å². The van der Waals surface area contributed by atoms with Crippen molar-refractivity contribution in [3.63, 3.8) is 0 Å². The van der Waals surface area contributed by atoms with Gasteiger partial charge in [0.05, 0.1) is 30.2 Å². The van der Waals surface area contributed by atoms with Crippen molar-refractivity contribution < 1.29 is 9.13 Å². The summed E-state index contributed by atoms with van der Waals surface area (Å²) in [6.45, 7) is 4.34. The Hall–Kier alpha value is -1.46. The number of aryl methyl sites for hydroxylation is 1. The lowest BCUT2D eigenvalue weighted by atomic mass is 10.0. The number of aromatic nitrogens is 2. The van der Waals surface area contributed by atoms with Crippen LogP contribution in [0.25, 0.3) is 11.0 Å². The summed E-state index contributed by atoms with van der Waals surface area (Å²) in [5.74, 6) is 1.01. The molecule has 1 N–H and O–H groups in total. The Morgan fingerprint density at radius 1 is 1.45 bits per heavy atom. The molecule has 108 valence electrons. The zero-order chi connectivity index (χ0) is 14.1. The van der Waals surface area contributed by atoms with Crippen LogP contribution in [0, 0.1) is 5.82 Å². The van der Waals surface area contributed by atoms with E-state index in [-0.39, 0.29) is 17.8 Å². The molecule has 1 aliphatic rings. The van der Waals surface area contributed by atoms with Crippen molar-refractivity contribution >= 4 is 11.0 Å². The number of hydrogen-bond donors (Lipinski definition) is 1. The van der Waals surface area contributed by atoms with E-state index >= 15 is 0 Å². The minimum atomic E-state index is -0.214. The Balaban J connectivity index is 2.11. The lowest BCUT2D eigenvalue weighted by molar-refractivity contribution is 0.187. The highest BCUT2D eigenvalue weighted by atomic mass is 19.1. The van der Waals surface area contributed by atoms with Gasteiger partial charge in [-0.15, -0.1) is 0 Å². The molecular formula is C15H20FN3O. The molecule has 0 bridgehead atoms. The number of likely N-dealkylation sites (N-methyl/N-ethyl adjacent to an activating group) is 1. The number of imidazole rings is 1. The largest absolute Gasteiger partial charge is 0.379 e. The molecule has 1 fully saturated rings. The molecule has 0 amide bonds. The summed E-state index contributed by atoms with van der Waals surface area (Å²) in [5.41, 5.74) is 1.74. The van der Waals surface area contributed by atoms with Gasteiger partial charge < -0.3 is 14.6 Å². The van der Waals surface area contributed by atoms with E-state index in [2.05, 4.69) is 16.8 Å². The van der Waals surface area contributed by atoms with Crippen LogP contribution < -0.4 is 5.32 Å². The van der Waals surface area contributed by atoms with Crippen LogP contribution >= 0.6 is 0 Å². The summed E-state index contributed by atoms with van der Waals surface area (Å²) < 4.78 is 21.2. The van der Waals surface area contributed by atoms with Gasteiger partial charge in [-0.2, -0.15) is 0 Å². The van der Waals surface area contributed by atoms with Crippen molar-refractivity contribution in [2.75, 3.05) is 20.3 Å². The Bertz CT molecular complexity index is 610. The molecule has 0 radical (unpaired) electrons. The fourth-order valence-electron chi connectivity index (χ4n) is 2.95. The van der Waals surface area contributed by atoms with Crippen LogP contribution in [-0.2, 0) is 11.3 Å². The molecule has 5 heteroatoms. The van der Waals surface area contributed by atoms with Gasteiger partial charge in [0, 0.05) is 12.6 Å². The average Bonchev–Trinajstić information content (AvgIpc) is 3.03. The Kier molecular flexibility index (Phi) is 3.72. The maximum atomic E-state index is 13.5. The summed E-state index contributed by atoms with van der Waals surface area (Å²) >= 11 is 0. The maximum absolute atomic E-state index is 13.5. The second-order valence-corrected chi connectivity index (χ2v) is 5.29. The van der Waals surface area contributed by atoms with E-state index in [9.17, 15) is 4.39 Å². The van der Waals surface area contributed by atoms with Gasteiger partial charge in [-0.3, -0.25) is 0 Å². The van der Waals surface area contributed by atoms with Crippen LogP contribution in [0.5, 0.6) is 0 Å². The number of benzene rings is 1. The Labute approximate surface area is 117 Å². The van der Waals surface area contributed by atoms with E-state index in [0.717, 1.165) is 29.8 Å². The molecule has 2 aromatic rings. The van der Waals surface area contributed by atoms with Gasteiger partial charge in [-0.25, -0.2) is 9.37 Å². The Morgan fingerprint density at radius 3 is 3.05 bits per heavy atom. The summed E-state index contributed by atoms with van der Waals surface area (Å²) in [6.07, 6.45) is 0.993. The van der Waals surface area contributed by atoms with E-state index in [0.29, 0.717) is 13.2 Å². The third kappa shape index (κ3) is 2.21. The smallest absolute Gasteiger partial charge is 0.125 e. The van der Waals surface area contributed by atoms with E-state index < -0.39 is 0 Å². The van der Waals surface area contributed by atoms with E-state index in [1.165, 1.54) is 6.07 Å². The molecule has 2 unspecified atom stereocenters. The minimum Gasteiger partial charge on any atom is -0.379 e. The number of nitrogens with zero attached hydrogens (tertiary/aromatic N) is 2. The normalized spacial score (nSPS) is 22.8. The lowest BCUT2D eigenvalue weighted by Crippen LogP contribution is -2.32. The number of rotatable bonds is 4. The van der Waals surface area contributed by atoms with Crippen molar-refractivity contribution in [3.05, 3.63) is 29.8 Å². The van der Waals surface area contributed by atoms with Gasteiger partial charge in [-0.1, -0.05) is 6.92 Å². The van der Waals surface area contributed by atoms with Crippen LogP contribution in [0.2, 0.25) is 0 Å². The monoisotopic (exact) mass is 277 g/mol. The van der Waals surface area contributed by atoms with Gasteiger partial charge in [0.1, 0.15) is 11.6 Å². The number of fused-ring (bicyclic) bond motifs is 1. The van der Waals surface area contributed by atoms with Crippen LogP contribution in [0.3, 0.4) is 0 Å². The summed E-state index contributed by atoms with van der Waals surface area (Å²) in [5, 5.41) is 3.29. The first-order valence-electron chi connectivity index (χ1n) is 7.15. The third-order valence-corrected chi connectivity index (χ3v) is 3.97. The Morgan fingerprint density at radius 2 is 2.30 bits per heavy atom. The molecule has 1 aromatic carbocycles. The zero-order valence-corrected chi connectivity index (χ0v) is 11.9. The van der Waals surface area contributed by atoms with Gasteiger partial charge in [0.15, 0.2) is 0 Å². The number of hydrogen-bond acceptors (Lipinski definition) is 3. The molecule has 4 nitrogen and oxygen atoms in total. The van der Waals surface area contributed by atoms with Crippen molar-refractivity contribution in [3.8, 4) is 0 Å². The third-order valence-electron chi connectivity index (χ3n) is 3.97. The van der Waals surface area contributed by atoms with E-state index in [1.54, 1.807) is 12.1 Å².